The zero-order chi connectivity index (χ0) is 23.8. The number of benzene rings is 2. The Morgan fingerprint density at radius 2 is 1.94 bits per heavy atom. The van der Waals surface area contributed by atoms with E-state index >= 15 is 0 Å². The van der Waals surface area contributed by atoms with Crippen molar-refractivity contribution in [2.45, 2.75) is 43.7 Å². The van der Waals surface area contributed by atoms with Crippen molar-refractivity contribution in [1.82, 2.24) is 0 Å². The van der Waals surface area contributed by atoms with E-state index in [1.807, 2.05) is 18.2 Å². The molecule has 0 spiro atoms. The molecule has 0 amide bonds. The maximum absolute atomic E-state index is 12.0. The lowest BCUT2D eigenvalue weighted by Gasteiger charge is -2.42. The third-order valence-corrected chi connectivity index (χ3v) is 5.84. The molecule has 1 saturated heterocycles. The van der Waals surface area contributed by atoms with Gasteiger partial charge in [0, 0.05) is 30.5 Å². The first kappa shape index (κ1) is 25.8. The average molecular weight is 487 g/mol. The number of alkyl halides is 2. The second-order valence-electron chi connectivity index (χ2n) is 7.91. The van der Waals surface area contributed by atoms with Crippen LogP contribution in [0.3, 0.4) is 0 Å². The van der Waals surface area contributed by atoms with E-state index in [1.165, 1.54) is 7.11 Å². The van der Waals surface area contributed by atoms with Crippen molar-refractivity contribution in [3.63, 3.8) is 0 Å². The average Bonchev–Trinajstić information content (AvgIpc) is 2.80. The molecule has 3 atom stereocenters. The lowest BCUT2D eigenvalue weighted by molar-refractivity contribution is -0.298. The van der Waals surface area contributed by atoms with Gasteiger partial charge in [0.15, 0.2) is 5.79 Å². The molecule has 0 aromatic heterocycles. The van der Waals surface area contributed by atoms with E-state index in [0.717, 1.165) is 11.1 Å². The van der Waals surface area contributed by atoms with Crippen LogP contribution in [-0.4, -0.2) is 62.4 Å². The molecular weight excluding hydrogens is 458 g/mol. The largest absolute Gasteiger partial charge is 0.491 e. The Hall–Kier alpha value is -1.81. The molecule has 182 valence electrons. The molecule has 1 aliphatic heterocycles. The van der Waals surface area contributed by atoms with Crippen molar-refractivity contribution < 1.29 is 37.9 Å². The van der Waals surface area contributed by atoms with E-state index in [0.29, 0.717) is 29.2 Å². The Morgan fingerprint density at radius 1 is 1.18 bits per heavy atom. The molecule has 2 aromatic rings. The van der Waals surface area contributed by atoms with E-state index in [1.54, 1.807) is 24.3 Å². The molecule has 3 unspecified atom stereocenters. The molecule has 2 aromatic carbocycles. The number of ether oxygens (including phenoxy) is 4. The zero-order valence-electron chi connectivity index (χ0n) is 18.4. The number of aliphatic hydroxyl groups is 2. The number of methoxy groups -OCH3 is 1. The van der Waals surface area contributed by atoms with Gasteiger partial charge in [0.1, 0.15) is 19.0 Å². The molecule has 1 aliphatic rings. The Balaban J connectivity index is 1.67. The fourth-order valence-corrected chi connectivity index (χ4v) is 4.06. The van der Waals surface area contributed by atoms with Crippen LogP contribution in [0.2, 0.25) is 5.02 Å². The van der Waals surface area contributed by atoms with E-state index in [-0.39, 0.29) is 26.2 Å². The Labute approximate surface area is 197 Å². The van der Waals surface area contributed by atoms with Crippen molar-refractivity contribution in [3.05, 3.63) is 64.2 Å². The number of aliphatic hydroxyl groups excluding tert-OH is 2. The van der Waals surface area contributed by atoms with Crippen molar-refractivity contribution in [2.24, 2.45) is 0 Å². The summed E-state index contributed by atoms with van der Waals surface area (Å²) in [4.78, 5) is 0. The van der Waals surface area contributed by atoms with Crippen molar-refractivity contribution in [1.29, 1.82) is 0 Å². The fourth-order valence-electron chi connectivity index (χ4n) is 3.87. The molecule has 2 N–H and O–H groups in total. The third kappa shape index (κ3) is 7.09. The summed E-state index contributed by atoms with van der Waals surface area (Å²) in [6.07, 6.45) is -2.55. The quantitative estimate of drug-likeness (QED) is 0.469. The summed E-state index contributed by atoms with van der Waals surface area (Å²) < 4.78 is 46.1. The molecule has 9 heteroatoms. The van der Waals surface area contributed by atoms with E-state index < -0.39 is 31.0 Å². The number of hydrogen-bond acceptors (Lipinski definition) is 6. The summed E-state index contributed by atoms with van der Waals surface area (Å²) in [6.45, 7) is -0.546. The lowest BCUT2D eigenvalue weighted by atomic mass is 9.91. The van der Waals surface area contributed by atoms with Gasteiger partial charge >= 0.3 is 0 Å². The van der Waals surface area contributed by atoms with Crippen LogP contribution in [0, 0.1) is 0 Å². The van der Waals surface area contributed by atoms with Crippen molar-refractivity contribution in [3.8, 4) is 5.75 Å². The molecule has 1 fully saturated rings. The van der Waals surface area contributed by atoms with Gasteiger partial charge in [-0.1, -0.05) is 29.8 Å². The van der Waals surface area contributed by atoms with Gasteiger partial charge in [-0.2, -0.15) is 0 Å². The maximum atomic E-state index is 12.0. The molecule has 0 radical (unpaired) electrons. The van der Waals surface area contributed by atoms with E-state index in [2.05, 4.69) is 0 Å². The van der Waals surface area contributed by atoms with Crippen LogP contribution < -0.4 is 4.74 Å². The summed E-state index contributed by atoms with van der Waals surface area (Å²) in [5.41, 5.74) is 2.55. The first-order chi connectivity index (χ1) is 15.8. The van der Waals surface area contributed by atoms with Crippen LogP contribution in [0.4, 0.5) is 8.78 Å². The molecule has 0 aliphatic carbocycles. The lowest BCUT2D eigenvalue weighted by Crippen LogP contribution is -2.46. The van der Waals surface area contributed by atoms with Gasteiger partial charge in [-0.15, -0.1) is 0 Å². The monoisotopic (exact) mass is 486 g/mol. The zero-order valence-corrected chi connectivity index (χ0v) is 19.1. The minimum Gasteiger partial charge on any atom is -0.491 e. The smallest absolute Gasteiger partial charge is 0.261 e. The minimum absolute atomic E-state index is 0.0870. The Bertz CT molecular complexity index is 882. The molecule has 6 nitrogen and oxygen atoms in total. The van der Waals surface area contributed by atoms with Crippen LogP contribution >= 0.6 is 11.6 Å². The van der Waals surface area contributed by atoms with Crippen LogP contribution in [0.1, 0.15) is 29.5 Å². The SMILES string of the molecule is COC1(c2ccc(Cl)c(Cc3ccc(OCCOCC(F)F)cc3)c2)CC(O)CC(CO)O1. The molecular formula is C24H29ClF2O6. The summed E-state index contributed by atoms with van der Waals surface area (Å²) in [5, 5.41) is 20.4. The number of rotatable bonds is 11. The van der Waals surface area contributed by atoms with Crippen LogP contribution in [0.15, 0.2) is 42.5 Å². The molecule has 3 rings (SSSR count). The Morgan fingerprint density at radius 3 is 2.61 bits per heavy atom. The third-order valence-electron chi connectivity index (χ3n) is 5.47. The highest BCUT2D eigenvalue weighted by Crippen LogP contribution is 2.40. The van der Waals surface area contributed by atoms with Gasteiger partial charge in [0.2, 0.25) is 0 Å². The summed E-state index contributed by atoms with van der Waals surface area (Å²) in [5.74, 6) is -0.564. The summed E-state index contributed by atoms with van der Waals surface area (Å²) in [6, 6.07) is 12.8. The summed E-state index contributed by atoms with van der Waals surface area (Å²) in [7, 11) is 1.51. The van der Waals surface area contributed by atoms with E-state index in [9.17, 15) is 19.0 Å². The van der Waals surface area contributed by atoms with Crippen LogP contribution in [0.5, 0.6) is 5.75 Å². The predicted molar refractivity (Wildman–Crippen MR) is 119 cm³/mol. The second-order valence-corrected chi connectivity index (χ2v) is 8.32. The van der Waals surface area contributed by atoms with Crippen molar-refractivity contribution in [2.75, 3.05) is 33.5 Å². The highest BCUT2D eigenvalue weighted by molar-refractivity contribution is 6.31. The van der Waals surface area contributed by atoms with Gasteiger partial charge in [-0.3, -0.25) is 0 Å². The van der Waals surface area contributed by atoms with Crippen LogP contribution in [-0.2, 0) is 26.4 Å². The first-order valence-electron chi connectivity index (χ1n) is 10.7. The van der Waals surface area contributed by atoms with Crippen LogP contribution in [0.25, 0.3) is 0 Å². The Kier molecular flexibility index (Phi) is 9.43. The number of hydrogen-bond donors (Lipinski definition) is 2. The normalized spacial score (nSPS) is 23.1. The topological polar surface area (TPSA) is 77.4 Å². The second kappa shape index (κ2) is 12.1. The van der Waals surface area contributed by atoms with Gasteiger partial charge in [0.05, 0.1) is 25.4 Å². The number of halogens is 3. The molecule has 1 heterocycles. The molecule has 0 saturated carbocycles. The highest BCUT2D eigenvalue weighted by atomic mass is 35.5. The van der Waals surface area contributed by atoms with Gasteiger partial charge in [-0.05, 0) is 41.8 Å². The fraction of sp³-hybridized carbons (Fsp3) is 0.500. The van der Waals surface area contributed by atoms with E-state index in [4.69, 9.17) is 30.5 Å². The molecule has 33 heavy (non-hydrogen) atoms. The highest BCUT2D eigenvalue weighted by Gasteiger charge is 2.43. The van der Waals surface area contributed by atoms with Gasteiger partial charge < -0.3 is 29.2 Å². The maximum Gasteiger partial charge on any atom is 0.261 e. The van der Waals surface area contributed by atoms with Gasteiger partial charge in [-0.25, -0.2) is 8.78 Å². The van der Waals surface area contributed by atoms with Crippen molar-refractivity contribution >= 4 is 11.6 Å². The minimum atomic E-state index is -2.49. The standard InChI is InChI=1S/C24H29ClF2O6/c1-30-24(13-19(29)12-21(14-28)33-24)18-4-7-22(25)17(11-18)10-16-2-5-20(6-3-16)32-9-8-31-15-23(26)27/h2-7,11,19,21,23,28-29H,8-10,12-15H2,1H3. The molecule has 0 bridgehead atoms. The summed E-state index contributed by atoms with van der Waals surface area (Å²) >= 11 is 6.45. The first-order valence-corrected chi connectivity index (χ1v) is 11.1. The predicted octanol–water partition coefficient (Wildman–Crippen LogP) is 3.92. The van der Waals surface area contributed by atoms with Gasteiger partial charge in [0.25, 0.3) is 6.43 Å².